The van der Waals surface area contributed by atoms with Gasteiger partial charge in [0.25, 0.3) is 5.56 Å². The van der Waals surface area contributed by atoms with Crippen molar-refractivity contribution < 1.29 is 4.79 Å². The van der Waals surface area contributed by atoms with Crippen LogP contribution in [0.2, 0.25) is 0 Å². The van der Waals surface area contributed by atoms with Crippen molar-refractivity contribution >= 4 is 39.2 Å². The van der Waals surface area contributed by atoms with E-state index in [-0.39, 0.29) is 17.4 Å². The predicted molar refractivity (Wildman–Crippen MR) is 144 cm³/mol. The molecule has 190 valence electrons. The van der Waals surface area contributed by atoms with Crippen LogP contribution in [-0.2, 0) is 4.79 Å². The average Bonchev–Trinajstić information content (AvgIpc) is 3.24. The van der Waals surface area contributed by atoms with Gasteiger partial charge in [0.1, 0.15) is 11.4 Å². The van der Waals surface area contributed by atoms with E-state index in [0.717, 1.165) is 54.3 Å². The third kappa shape index (κ3) is 4.25. The quantitative estimate of drug-likeness (QED) is 0.413. The molecule has 3 aromatic rings. The van der Waals surface area contributed by atoms with Crippen LogP contribution < -0.4 is 15.8 Å². The molecule has 3 saturated heterocycles. The molecule has 0 unspecified atom stereocenters. The molecule has 7 rings (SSSR count). The zero-order valence-electron chi connectivity index (χ0n) is 21.2. The number of carbonyl (C=O) groups excluding carboxylic acids is 1. The molecule has 5 heterocycles. The van der Waals surface area contributed by atoms with Gasteiger partial charge < -0.3 is 15.1 Å². The van der Waals surface area contributed by atoms with Gasteiger partial charge in [-0.15, -0.1) is 0 Å². The molecule has 8 nitrogen and oxygen atoms in total. The first-order valence-corrected chi connectivity index (χ1v) is 13.7. The second-order valence-electron chi connectivity index (χ2n) is 10.7. The van der Waals surface area contributed by atoms with Crippen molar-refractivity contribution in [2.24, 2.45) is 0 Å². The number of anilines is 2. The standard InChI is InChI=1S/C28H36N6O2/c1-2-3-12-29-28-30-18-25-23-9-6-21(33-16-15-32-13-10-19(33)11-14-32)17-24(23)27(36)34(26(25)31-28)20-4-7-22(35)8-5-20/h6,9,17-20H,2-5,7-8,10-16H2,1H3,(H,29,30,31). The van der Waals surface area contributed by atoms with Crippen LogP contribution in [0.4, 0.5) is 11.6 Å². The van der Waals surface area contributed by atoms with Crippen molar-refractivity contribution in [2.75, 3.05) is 42.9 Å². The lowest BCUT2D eigenvalue weighted by Crippen LogP contribution is -2.38. The molecule has 0 spiro atoms. The summed E-state index contributed by atoms with van der Waals surface area (Å²) in [7, 11) is 0. The molecular weight excluding hydrogens is 452 g/mol. The van der Waals surface area contributed by atoms with E-state index in [4.69, 9.17) is 4.98 Å². The van der Waals surface area contributed by atoms with Gasteiger partial charge in [0.2, 0.25) is 5.95 Å². The normalized spacial score (nSPS) is 22.9. The summed E-state index contributed by atoms with van der Waals surface area (Å²) in [5.41, 5.74) is 1.81. The van der Waals surface area contributed by atoms with Crippen LogP contribution in [-0.4, -0.2) is 64.0 Å². The fourth-order valence-corrected chi connectivity index (χ4v) is 6.31. The number of benzene rings is 1. The lowest BCUT2D eigenvalue weighted by molar-refractivity contribution is -0.120. The molecule has 1 aromatic carbocycles. The molecule has 8 heteroatoms. The number of nitrogens with one attached hydrogen (secondary N) is 1. The fourth-order valence-electron chi connectivity index (χ4n) is 6.31. The first-order chi connectivity index (χ1) is 17.6. The molecule has 0 amide bonds. The van der Waals surface area contributed by atoms with Gasteiger partial charge in [-0.3, -0.25) is 14.2 Å². The lowest BCUT2D eigenvalue weighted by Gasteiger charge is -2.33. The summed E-state index contributed by atoms with van der Waals surface area (Å²) in [5.74, 6) is 0.845. The summed E-state index contributed by atoms with van der Waals surface area (Å²) in [6, 6.07) is 6.88. The zero-order valence-corrected chi connectivity index (χ0v) is 21.2. The number of fused-ring (bicyclic) bond motifs is 7. The Balaban J connectivity index is 1.48. The predicted octanol–water partition coefficient (Wildman–Crippen LogP) is 4.13. The van der Waals surface area contributed by atoms with Crippen molar-refractivity contribution in [1.29, 1.82) is 0 Å². The number of aromatic nitrogens is 3. The molecule has 1 N–H and O–H groups in total. The molecule has 1 saturated carbocycles. The highest BCUT2D eigenvalue weighted by Crippen LogP contribution is 2.33. The molecule has 4 aliphatic rings. The Morgan fingerprint density at radius 2 is 1.75 bits per heavy atom. The van der Waals surface area contributed by atoms with Crippen molar-refractivity contribution in [3.8, 4) is 0 Å². The Bertz CT molecular complexity index is 1330. The number of ketones is 1. The van der Waals surface area contributed by atoms with Crippen molar-refractivity contribution in [2.45, 2.75) is 70.4 Å². The number of carbonyl (C=O) groups is 1. The summed E-state index contributed by atoms with van der Waals surface area (Å²) in [6.45, 7) is 7.36. The molecular formula is C28H36N6O2. The van der Waals surface area contributed by atoms with Gasteiger partial charge >= 0.3 is 0 Å². The SMILES string of the molecule is CCCCNc1ncc2c3ccc(N4CCN5CCC4CC5)cc3c(=O)n(C3CCC(=O)CC3)c2n1. The van der Waals surface area contributed by atoms with Gasteiger partial charge in [0.05, 0.1) is 5.39 Å². The number of hydrogen-bond acceptors (Lipinski definition) is 7. The van der Waals surface area contributed by atoms with E-state index in [1.807, 2.05) is 10.8 Å². The van der Waals surface area contributed by atoms with Crippen LogP contribution in [0, 0.1) is 0 Å². The molecule has 4 fully saturated rings. The Labute approximate surface area is 211 Å². The highest BCUT2D eigenvalue weighted by Gasteiger charge is 2.30. The number of rotatable bonds is 6. The number of unbranched alkanes of at least 4 members (excludes halogenated alkanes) is 1. The first-order valence-electron chi connectivity index (χ1n) is 13.7. The number of nitrogens with zero attached hydrogens (tertiary/aromatic N) is 5. The van der Waals surface area contributed by atoms with Crippen LogP contribution in [0.15, 0.2) is 29.2 Å². The van der Waals surface area contributed by atoms with Crippen LogP contribution in [0.3, 0.4) is 0 Å². The fraction of sp³-hybridized carbons (Fsp3) is 0.571. The minimum absolute atomic E-state index is 0.000206. The van der Waals surface area contributed by atoms with Crippen molar-refractivity contribution in [1.82, 2.24) is 19.4 Å². The third-order valence-electron chi connectivity index (χ3n) is 8.42. The Morgan fingerprint density at radius 3 is 2.53 bits per heavy atom. The van der Waals surface area contributed by atoms with E-state index in [1.54, 1.807) is 0 Å². The molecule has 36 heavy (non-hydrogen) atoms. The third-order valence-corrected chi connectivity index (χ3v) is 8.42. The molecule has 0 radical (unpaired) electrons. The largest absolute Gasteiger partial charge is 0.367 e. The smallest absolute Gasteiger partial charge is 0.260 e. The van der Waals surface area contributed by atoms with E-state index in [0.29, 0.717) is 43.3 Å². The van der Waals surface area contributed by atoms with Gasteiger partial charge in [0, 0.05) is 74.9 Å². The summed E-state index contributed by atoms with van der Waals surface area (Å²) in [6.07, 6.45) is 8.76. The Morgan fingerprint density at radius 1 is 0.944 bits per heavy atom. The van der Waals surface area contributed by atoms with E-state index >= 15 is 0 Å². The minimum atomic E-state index is -0.0225. The van der Waals surface area contributed by atoms with E-state index < -0.39 is 0 Å². The highest BCUT2D eigenvalue weighted by atomic mass is 16.1. The number of hydrogen-bond donors (Lipinski definition) is 1. The number of Topliss-reactive ketones (excluding diaryl/α,β-unsaturated/α-hetero) is 1. The Kier molecular flexibility index (Phi) is 6.37. The zero-order chi connectivity index (χ0) is 24.6. The number of piperidine rings is 1. The van der Waals surface area contributed by atoms with Gasteiger partial charge in [0.15, 0.2) is 0 Å². The summed E-state index contributed by atoms with van der Waals surface area (Å²) in [5, 5.41) is 5.85. The van der Waals surface area contributed by atoms with Crippen molar-refractivity contribution in [3.63, 3.8) is 0 Å². The van der Waals surface area contributed by atoms with Gasteiger partial charge in [-0.2, -0.15) is 4.98 Å². The van der Waals surface area contributed by atoms with Crippen LogP contribution >= 0.6 is 0 Å². The van der Waals surface area contributed by atoms with Crippen LogP contribution in [0.1, 0.15) is 64.3 Å². The monoisotopic (exact) mass is 488 g/mol. The van der Waals surface area contributed by atoms with Crippen molar-refractivity contribution in [3.05, 3.63) is 34.7 Å². The highest BCUT2D eigenvalue weighted by molar-refractivity contribution is 6.05. The summed E-state index contributed by atoms with van der Waals surface area (Å²) < 4.78 is 1.88. The van der Waals surface area contributed by atoms with Crippen LogP contribution in [0.5, 0.6) is 0 Å². The molecule has 1 aliphatic carbocycles. The van der Waals surface area contributed by atoms with Gasteiger partial charge in [-0.05, 0) is 49.6 Å². The maximum absolute atomic E-state index is 14.1. The second-order valence-corrected chi connectivity index (χ2v) is 10.7. The molecule has 3 aliphatic heterocycles. The lowest BCUT2D eigenvalue weighted by atomic mass is 9.93. The molecule has 0 atom stereocenters. The summed E-state index contributed by atoms with van der Waals surface area (Å²) in [4.78, 5) is 40.6. The van der Waals surface area contributed by atoms with Gasteiger partial charge in [-0.1, -0.05) is 19.4 Å². The number of pyridine rings is 1. The maximum Gasteiger partial charge on any atom is 0.260 e. The maximum atomic E-state index is 14.1. The van der Waals surface area contributed by atoms with E-state index in [2.05, 4.69) is 45.2 Å². The summed E-state index contributed by atoms with van der Waals surface area (Å²) >= 11 is 0. The average molecular weight is 489 g/mol. The molecule has 2 aromatic heterocycles. The van der Waals surface area contributed by atoms with Gasteiger partial charge in [-0.25, -0.2) is 4.98 Å². The van der Waals surface area contributed by atoms with E-state index in [9.17, 15) is 9.59 Å². The van der Waals surface area contributed by atoms with Crippen LogP contribution in [0.25, 0.3) is 21.8 Å². The Hall–Kier alpha value is -3.00. The topological polar surface area (TPSA) is 83.4 Å². The first kappa shape index (κ1) is 23.4. The van der Waals surface area contributed by atoms with E-state index in [1.165, 1.54) is 25.9 Å². The minimum Gasteiger partial charge on any atom is -0.367 e. The molecule has 2 bridgehead atoms. The second kappa shape index (κ2) is 9.81.